The highest BCUT2D eigenvalue weighted by Crippen LogP contribution is 2.51. The predicted molar refractivity (Wildman–Crippen MR) is 70.2 cm³/mol. The smallest absolute Gasteiger partial charge is 0.0995 e. The van der Waals surface area contributed by atoms with Crippen LogP contribution in [-0.2, 0) is 4.74 Å². The molecule has 0 spiro atoms. The summed E-state index contributed by atoms with van der Waals surface area (Å²) in [5.41, 5.74) is 3.27. The van der Waals surface area contributed by atoms with E-state index in [9.17, 15) is 10.5 Å². The summed E-state index contributed by atoms with van der Waals surface area (Å²) in [4.78, 5) is 0. The molecule has 3 nitrogen and oxygen atoms in total. The van der Waals surface area contributed by atoms with Crippen molar-refractivity contribution < 1.29 is 4.74 Å². The third kappa shape index (κ3) is 1.67. The summed E-state index contributed by atoms with van der Waals surface area (Å²) in [5.74, 6) is 0.736. The molecular formula is C16H14N2O. The van der Waals surface area contributed by atoms with Gasteiger partial charge in [0.25, 0.3) is 0 Å². The number of ether oxygens (including phenoxy) is 1. The van der Waals surface area contributed by atoms with Crippen molar-refractivity contribution in [2.45, 2.75) is 25.4 Å². The Hall–Kier alpha value is -2.10. The van der Waals surface area contributed by atoms with Gasteiger partial charge in [0.1, 0.15) is 0 Å². The number of hydrogen-bond acceptors (Lipinski definition) is 3. The van der Waals surface area contributed by atoms with Crippen LogP contribution in [0.25, 0.3) is 0 Å². The standard InChI is InChI=1S/C16H14N2O/c1-2-19-14-7-10-5-6-13(10)15-11(8-17)3-4-12(9-18)16(14)15/h3-6,10,13-14H,2,7H2,1H3/t10-,13?,14-/m0/s1. The van der Waals surface area contributed by atoms with E-state index in [-0.39, 0.29) is 12.0 Å². The Morgan fingerprint density at radius 2 is 1.84 bits per heavy atom. The predicted octanol–water partition coefficient (Wildman–Crippen LogP) is 3.18. The molecule has 0 saturated heterocycles. The van der Waals surface area contributed by atoms with Crippen LogP contribution in [0.1, 0.15) is 47.6 Å². The topological polar surface area (TPSA) is 56.8 Å². The van der Waals surface area contributed by atoms with Crippen molar-refractivity contribution in [2.24, 2.45) is 5.92 Å². The van der Waals surface area contributed by atoms with Crippen molar-refractivity contribution in [3.05, 3.63) is 46.5 Å². The first-order valence-corrected chi connectivity index (χ1v) is 6.57. The van der Waals surface area contributed by atoms with Gasteiger partial charge < -0.3 is 4.74 Å². The fourth-order valence-electron chi connectivity index (χ4n) is 3.17. The molecule has 0 aliphatic heterocycles. The zero-order valence-electron chi connectivity index (χ0n) is 10.8. The minimum absolute atomic E-state index is 0.0610. The Kier molecular flexibility index (Phi) is 2.85. The van der Waals surface area contributed by atoms with Crippen molar-refractivity contribution >= 4 is 0 Å². The van der Waals surface area contributed by atoms with Crippen LogP contribution in [-0.4, -0.2) is 6.61 Å². The first-order chi connectivity index (χ1) is 9.30. The van der Waals surface area contributed by atoms with Gasteiger partial charge in [-0.15, -0.1) is 0 Å². The number of nitriles is 2. The van der Waals surface area contributed by atoms with Crippen LogP contribution in [0.5, 0.6) is 0 Å². The molecule has 1 aromatic carbocycles. The van der Waals surface area contributed by atoms with E-state index in [2.05, 4.69) is 24.3 Å². The van der Waals surface area contributed by atoms with E-state index in [4.69, 9.17) is 4.74 Å². The molecule has 0 amide bonds. The van der Waals surface area contributed by atoms with Gasteiger partial charge in [-0.1, -0.05) is 12.2 Å². The molecule has 3 heteroatoms. The summed E-state index contributed by atoms with van der Waals surface area (Å²) in [6.45, 7) is 2.58. The molecule has 2 aliphatic rings. The molecule has 0 radical (unpaired) electrons. The molecule has 94 valence electrons. The lowest BCUT2D eigenvalue weighted by Crippen LogP contribution is -2.29. The first kappa shape index (κ1) is 12.0. The molecule has 1 aromatic rings. The lowest BCUT2D eigenvalue weighted by Gasteiger charge is -2.40. The summed E-state index contributed by atoms with van der Waals surface area (Å²) >= 11 is 0. The Bertz CT molecular complexity index is 633. The third-order valence-electron chi connectivity index (χ3n) is 4.06. The van der Waals surface area contributed by atoms with Gasteiger partial charge in [-0.25, -0.2) is 0 Å². The number of fused-ring (bicyclic) bond motifs is 3. The van der Waals surface area contributed by atoms with Gasteiger partial charge in [-0.2, -0.15) is 10.5 Å². The molecular weight excluding hydrogens is 236 g/mol. The number of allylic oxidation sites excluding steroid dienone is 2. The normalized spacial score (nSPS) is 26.6. The fourth-order valence-corrected chi connectivity index (χ4v) is 3.17. The summed E-state index contributed by atoms with van der Waals surface area (Å²) in [5, 5.41) is 18.6. The average molecular weight is 250 g/mol. The van der Waals surface area contributed by atoms with Crippen molar-refractivity contribution in [3.8, 4) is 12.1 Å². The SMILES string of the molecule is CCO[C@H]1C[C@@H]2C=CC2c2c(C#N)ccc(C#N)c21. The van der Waals surface area contributed by atoms with Crippen molar-refractivity contribution in [2.75, 3.05) is 6.61 Å². The third-order valence-corrected chi connectivity index (χ3v) is 4.06. The first-order valence-electron chi connectivity index (χ1n) is 6.57. The van der Waals surface area contributed by atoms with Crippen LogP contribution in [0.2, 0.25) is 0 Å². The molecule has 3 rings (SSSR count). The molecule has 0 saturated carbocycles. The summed E-state index contributed by atoms with van der Waals surface area (Å²) in [7, 11) is 0. The Labute approximate surface area is 112 Å². The Balaban J connectivity index is 2.23. The van der Waals surface area contributed by atoms with Gasteiger partial charge in [-0.05, 0) is 37.0 Å². The maximum absolute atomic E-state index is 9.31. The lowest BCUT2D eigenvalue weighted by atomic mass is 9.66. The van der Waals surface area contributed by atoms with E-state index >= 15 is 0 Å². The highest BCUT2D eigenvalue weighted by atomic mass is 16.5. The van der Waals surface area contributed by atoms with E-state index in [1.807, 2.05) is 6.92 Å². The molecule has 3 atom stereocenters. The van der Waals surface area contributed by atoms with E-state index in [1.54, 1.807) is 12.1 Å². The van der Waals surface area contributed by atoms with Gasteiger partial charge in [-0.3, -0.25) is 0 Å². The Morgan fingerprint density at radius 1 is 1.16 bits per heavy atom. The van der Waals surface area contributed by atoms with Crippen molar-refractivity contribution in [1.82, 2.24) is 0 Å². The zero-order chi connectivity index (χ0) is 13.4. The monoisotopic (exact) mass is 250 g/mol. The molecule has 0 N–H and O–H groups in total. The molecule has 0 bridgehead atoms. The summed E-state index contributed by atoms with van der Waals surface area (Å²) in [6.07, 6.45) is 5.16. The van der Waals surface area contributed by atoms with Crippen molar-refractivity contribution in [1.29, 1.82) is 10.5 Å². The van der Waals surface area contributed by atoms with Crippen LogP contribution in [0.15, 0.2) is 24.3 Å². The van der Waals surface area contributed by atoms with Crippen LogP contribution in [0.3, 0.4) is 0 Å². The number of rotatable bonds is 2. The highest BCUT2D eigenvalue weighted by molar-refractivity contribution is 5.57. The van der Waals surface area contributed by atoms with Gasteiger partial charge in [0, 0.05) is 18.1 Å². The second kappa shape index (κ2) is 4.53. The molecule has 2 aliphatic carbocycles. The van der Waals surface area contributed by atoms with E-state index in [1.165, 1.54) is 0 Å². The van der Waals surface area contributed by atoms with Crippen LogP contribution in [0.4, 0.5) is 0 Å². The maximum atomic E-state index is 9.31. The second-order valence-electron chi connectivity index (χ2n) is 4.97. The number of hydrogen-bond donors (Lipinski definition) is 0. The molecule has 0 heterocycles. The fraction of sp³-hybridized carbons (Fsp3) is 0.375. The number of nitrogens with zero attached hydrogens (tertiary/aromatic N) is 2. The van der Waals surface area contributed by atoms with Gasteiger partial charge >= 0.3 is 0 Å². The molecule has 0 aromatic heterocycles. The Morgan fingerprint density at radius 3 is 2.37 bits per heavy atom. The van der Waals surface area contributed by atoms with E-state index in [0.717, 1.165) is 17.5 Å². The zero-order valence-corrected chi connectivity index (χ0v) is 10.8. The minimum atomic E-state index is -0.0610. The van der Waals surface area contributed by atoms with Gasteiger partial charge in [0.15, 0.2) is 0 Å². The quantitative estimate of drug-likeness (QED) is 0.757. The molecule has 0 fully saturated rings. The largest absolute Gasteiger partial charge is 0.374 e. The minimum Gasteiger partial charge on any atom is -0.374 e. The van der Waals surface area contributed by atoms with Crippen LogP contribution < -0.4 is 0 Å². The average Bonchev–Trinajstić information content (AvgIpc) is 2.40. The van der Waals surface area contributed by atoms with E-state index in [0.29, 0.717) is 23.7 Å². The number of benzene rings is 1. The summed E-state index contributed by atoms with van der Waals surface area (Å²) in [6, 6.07) is 8.00. The summed E-state index contributed by atoms with van der Waals surface area (Å²) < 4.78 is 5.81. The van der Waals surface area contributed by atoms with E-state index < -0.39 is 0 Å². The lowest BCUT2D eigenvalue weighted by molar-refractivity contribution is 0.0373. The van der Waals surface area contributed by atoms with Crippen molar-refractivity contribution in [3.63, 3.8) is 0 Å². The molecule has 1 unspecified atom stereocenters. The van der Waals surface area contributed by atoms with Crippen LogP contribution in [0, 0.1) is 28.6 Å². The van der Waals surface area contributed by atoms with Gasteiger partial charge in [0.05, 0.1) is 29.4 Å². The maximum Gasteiger partial charge on any atom is 0.0995 e. The molecule has 19 heavy (non-hydrogen) atoms. The van der Waals surface area contributed by atoms with Crippen LogP contribution >= 0.6 is 0 Å². The van der Waals surface area contributed by atoms with Gasteiger partial charge in [0.2, 0.25) is 0 Å². The highest BCUT2D eigenvalue weighted by Gasteiger charge is 2.39. The second-order valence-corrected chi connectivity index (χ2v) is 4.97.